The lowest BCUT2D eigenvalue weighted by Gasteiger charge is -2.23. The van der Waals surface area contributed by atoms with Crippen LogP contribution in [-0.2, 0) is 21.4 Å². The first-order chi connectivity index (χ1) is 15.6. The van der Waals surface area contributed by atoms with E-state index in [-0.39, 0.29) is 17.1 Å². The number of aryl methyl sites for hydroxylation is 1. The van der Waals surface area contributed by atoms with Crippen molar-refractivity contribution in [2.45, 2.75) is 78.6 Å². The van der Waals surface area contributed by atoms with Crippen LogP contribution < -0.4 is 0 Å². The molecular formula is C27H37N3O3. The zero-order valence-electron chi connectivity index (χ0n) is 20.6. The van der Waals surface area contributed by atoms with Crippen LogP contribution in [0.1, 0.15) is 77.8 Å². The summed E-state index contributed by atoms with van der Waals surface area (Å²) in [6, 6.07) is 11.4. The van der Waals surface area contributed by atoms with Crippen LogP contribution in [-0.4, -0.2) is 32.7 Å². The maximum atomic E-state index is 12.3. The molecule has 3 aromatic rings. The van der Waals surface area contributed by atoms with E-state index in [0.29, 0.717) is 25.1 Å². The van der Waals surface area contributed by atoms with Gasteiger partial charge in [0.25, 0.3) is 0 Å². The minimum atomic E-state index is -0.280. The lowest BCUT2D eigenvalue weighted by atomic mass is 9.84. The molecule has 0 aliphatic rings. The quantitative estimate of drug-likeness (QED) is 0.297. The maximum absolute atomic E-state index is 12.3. The fourth-order valence-electron chi connectivity index (χ4n) is 3.85. The number of unbranched alkanes of at least 4 members (excludes halogenated alkanes) is 2. The van der Waals surface area contributed by atoms with Crippen LogP contribution in [0.2, 0.25) is 0 Å². The second-order valence-electron chi connectivity index (χ2n) is 10.2. The summed E-state index contributed by atoms with van der Waals surface area (Å²) in [5.74, 6) is 0.695. The minimum Gasteiger partial charge on any atom is -0.505 e. The first-order valence-electron chi connectivity index (χ1n) is 12.0. The number of nitrogens with zero attached hydrogens (tertiary/aromatic N) is 3. The van der Waals surface area contributed by atoms with Gasteiger partial charge >= 0.3 is 5.97 Å². The Morgan fingerprint density at radius 3 is 2.33 bits per heavy atom. The van der Waals surface area contributed by atoms with Gasteiger partial charge in [-0.2, -0.15) is 0 Å². The molecule has 1 aromatic heterocycles. The summed E-state index contributed by atoms with van der Waals surface area (Å²) in [6.45, 7) is 11.1. The van der Waals surface area contributed by atoms with Gasteiger partial charge in [-0.25, -0.2) is 0 Å². The molecule has 0 radical (unpaired) electrons. The molecule has 0 saturated carbocycles. The molecule has 0 fully saturated rings. The van der Waals surface area contributed by atoms with Crippen molar-refractivity contribution >= 4 is 17.0 Å². The second kappa shape index (κ2) is 10.8. The molecule has 1 N–H and O–H groups in total. The standard InChI is InChI=1S/C27H37N3O3/c1-19(2)11-7-6-10-16-33-25(31)15-14-20-17-21(27(3,4)5)26(32)24(18-20)30-28-22-12-8-9-13-23(22)29-30/h8-9,12-13,17-19,32H,6-7,10-11,14-16H2,1-5H3. The van der Waals surface area contributed by atoms with Crippen molar-refractivity contribution in [3.8, 4) is 11.4 Å². The Labute approximate surface area is 197 Å². The molecule has 0 bridgehead atoms. The number of carbonyl (C=O) groups is 1. The fraction of sp³-hybridized carbons (Fsp3) is 0.519. The summed E-state index contributed by atoms with van der Waals surface area (Å²) < 4.78 is 5.43. The van der Waals surface area contributed by atoms with Crippen LogP contribution in [0.5, 0.6) is 5.75 Å². The summed E-state index contributed by atoms with van der Waals surface area (Å²) in [5, 5.41) is 20.1. The average Bonchev–Trinajstić information content (AvgIpc) is 3.18. The molecule has 6 heteroatoms. The van der Waals surface area contributed by atoms with Gasteiger partial charge in [-0.05, 0) is 47.9 Å². The monoisotopic (exact) mass is 451 g/mol. The van der Waals surface area contributed by atoms with Gasteiger partial charge < -0.3 is 9.84 Å². The zero-order chi connectivity index (χ0) is 24.0. The van der Waals surface area contributed by atoms with E-state index < -0.39 is 0 Å². The predicted octanol–water partition coefficient (Wildman–Crippen LogP) is 6.12. The largest absolute Gasteiger partial charge is 0.505 e. The van der Waals surface area contributed by atoms with Gasteiger partial charge in [-0.1, -0.05) is 72.1 Å². The van der Waals surface area contributed by atoms with Crippen molar-refractivity contribution in [2.24, 2.45) is 5.92 Å². The second-order valence-corrected chi connectivity index (χ2v) is 10.2. The Hall–Kier alpha value is -2.89. The minimum absolute atomic E-state index is 0.163. The van der Waals surface area contributed by atoms with Crippen LogP contribution in [0, 0.1) is 5.92 Å². The molecular weight excluding hydrogens is 414 g/mol. The van der Waals surface area contributed by atoms with Gasteiger partial charge in [0.05, 0.1) is 6.61 Å². The van der Waals surface area contributed by atoms with Gasteiger partial charge in [0, 0.05) is 12.0 Å². The van der Waals surface area contributed by atoms with Crippen LogP contribution in [0.3, 0.4) is 0 Å². The molecule has 0 unspecified atom stereocenters. The molecule has 0 aliphatic heterocycles. The Kier molecular flexibility index (Phi) is 8.11. The van der Waals surface area contributed by atoms with Gasteiger partial charge in [-0.15, -0.1) is 15.0 Å². The van der Waals surface area contributed by atoms with E-state index >= 15 is 0 Å². The number of aromatic hydroxyl groups is 1. The SMILES string of the molecule is CC(C)CCCCCOC(=O)CCc1cc(-n2nc3ccccc3n2)c(O)c(C(C)(C)C)c1. The molecule has 0 amide bonds. The third-order valence-corrected chi connectivity index (χ3v) is 5.77. The van der Waals surface area contributed by atoms with Crippen LogP contribution in [0.4, 0.5) is 0 Å². The van der Waals surface area contributed by atoms with Crippen molar-refractivity contribution in [3.05, 3.63) is 47.5 Å². The van der Waals surface area contributed by atoms with E-state index in [1.165, 1.54) is 17.6 Å². The number of ether oxygens (including phenoxy) is 1. The fourth-order valence-corrected chi connectivity index (χ4v) is 3.85. The van der Waals surface area contributed by atoms with E-state index in [2.05, 4.69) is 44.8 Å². The van der Waals surface area contributed by atoms with E-state index in [0.717, 1.165) is 40.9 Å². The molecule has 0 spiro atoms. The number of phenolic OH excluding ortho intramolecular Hbond substituents is 1. The number of rotatable bonds is 10. The van der Waals surface area contributed by atoms with Gasteiger partial charge in [0.1, 0.15) is 22.5 Å². The van der Waals surface area contributed by atoms with Crippen molar-refractivity contribution in [2.75, 3.05) is 6.61 Å². The molecule has 3 rings (SSSR count). The molecule has 33 heavy (non-hydrogen) atoms. The Morgan fingerprint density at radius 1 is 1.06 bits per heavy atom. The smallest absolute Gasteiger partial charge is 0.306 e. The average molecular weight is 452 g/mol. The van der Waals surface area contributed by atoms with E-state index in [9.17, 15) is 9.90 Å². The van der Waals surface area contributed by atoms with Crippen LogP contribution in [0.25, 0.3) is 16.7 Å². The summed E-state index contributed by atoms with van der Waals surface area (Å²) in [7, 11) is 0. The summed E-state index contributed by atoms with van der Waals surface area (Å²) in [4.78, 5) is 13.8. The number of aromatic nitrogens is 3. The highest BCUT2D eigenvalue weighted by Gasteiger charge is 2.23. The van der Waals surface area contributed by atoms with Crippen LogP contribution >= 0.6 is 0 Å². The number of hydrogen-bond donors (Lipinski definition) is 1. The number of fused-ring (bicyclic) bond motifs is 1. The molecule has 0 aliphatic carbocycles. The lowest BCUT2D eigenvalue weighted by Crippen LogP contribution is -2.14. The molecule has 178 valence electrons. The Bertz CT molecular complexity index is 1050. The molecule has 0 atom stereocenters. The van der Waals surface area contributed by atoms with Gasteiger partial charge in [0.15, 0.2) is 0 Å². The topological polar surface area (TPSA) is 77.2 Å². The highest BCUT2D eigenvalue weighted by Crippen LogP contribution is 2.36. The van der Waals surface area contributed by atoms with E-state index in [1.54, 1.807) is 0 Å². The third-order valence-electron chi connectivity index (χ3n) is 5.77. The van der Waals surface area contributed by atoms with E-state index in [4.69, 9.17) is 4.74 Å². The first-order valence-corrected chi connectivity index (χ1v) is 12.0. The third kappa shape index (κ3) is 6.80. The van der Waals surface area contributed by atoms with Gasteiger partial charge in [-0.3, -0.25) is 4.79 Å². The highest BCUT2D eigenvalue weighted by molar-refractivity contribution is 5.74. The number of phenols is 1. The summed E-state index contributed by atoms with van der Waals surface area (Å²) in [6.07, 6.45) is 5.23. The van der Waals surface area contributed by atoms with Crippen molar-refractivity contribution < 1.29 is 14.6 Å². The lowest BCUT2D eigenvalue weighted by molar-refractivity contribution is -0.143. The van der Waals surface area contributed by atoms with Crippen molar-refractivity contribution in [3.63, 3.8) is 0 Å². The number of benzene rings is 2. The van der Waals surface area contributed by atoms with Crippen LogP contribution in [0.15, 0.2) is 36.4 Å². The molecule has 1 heterocycles. The zero-order valence-corrected chi connectivity index (χ0v) is 20.6. The summed E-state index contributed by atoms with van der Waals surface area (Å²) >= 11 is 0. The normalized spacial score (nSPS) is 11.9. The Balaban J connectivity index is 1.70. The van der Waals surface area contributed by atoms with Crippen molar-refractivity contribution in [1.82, 2.24) is 15.0 Å². The number of carbonyl (C=O) groups excluding carboxylic acids is 1. The Morgan fingerprint density at radius 2 is 1.73 bits per heavy atom. The van der Waals surface area contributed by atoms with Crippen molar-refractivity contribution in [1.29, 1.82) is 0 Å². The van der Waals surface area contributed by atoms with Gasteiger partial charge in [0.2, 0.25) is 0 Å². The highest BCUT2D eigenvalue weighted by atomic mass is 16.5. The predicted molar refractivity (Wildman–Crippen MR) is 132 cm³/mol. The first kappa shape index (κ1) is 24.7. The molecule has 6 nitrogen and oxygen atoms in total. The summed E-state index contributed by atoms with van der Waals surface area (Å²) in [5.41, 5.74) is 3.51. The van der Waals surface area contributed by atoms with E-state index in [1.807, 2.05) is 36.4 Å². The molecule has 0 saturated heterocycles. The maximum Gasteiger partial charge on any atom is 0.306 e. The molecule has 2 aromatic carbocycles. The number of hydrogen-bond acceptors (Lipinski definition) is 5. The number of esters is 1.